The van der Waals surface area contributed by atoms with Gasteiger partial charge in [0.15, 0.2) is 0 Å². The van der Waals surface area contributed by atoms with Crippen molar-refractivity contribution < 1.29 is 32.7 Å². The molecule has 0 aliphatic carbocycles. The minimum absolute atomic E-state index is 0.0344. The van der Waals surface area contributed by atoms with Gasteiger partial charge in [0.2, 0.25) is 11.7 Å². The summed E-state index contributed by atoms with van der Waals surface area (Å²) in [4.78, 5) is 51.0. The van der Waals surface area contributed by atoms with Gasteiger partial charge in [0.1, 0.15) is 17.7 Å². The standard InChI is InChI=1S/C34H41F3N8O4/c35-34(36,37)32-42-28(44-20-12-24(13-21-44)8-17-40-33(49)41-18-11-30(46)47)22-29(43-32)45-19-1-2-27(45)31(48)39-16-7-23-3-5-25(6-4-23)26-9-14-38-15-10-26/h3-6,9-10,14-15,22,24,27H,1-2,7-8,11-13,16-21H2,(H,39,48)(H,46,47)(H2,40,41,49)/t27-/m0/s1. The highest BCUT2D eigenvalue weighted by Crippen LogP contribution is 2.34. The van der Waals surface area contributed by atoms with Crippen molar-refractivity contribution in [1.82, 2.24) is 30.9 Å². The average Bonchev–Trinajstić information content (AvgIpc) is 3.59. The number of pyridine rings is 1. The molecule has 3 amide bonds. The second kappa shape index (κ2) is 16.4. The van der Waals surface area contributed by atoms with Crippen LogP contribution in [0.2, 0.25) is 0 Å². The molecule has 12 nitrogen and oxygen atoms in total. The lowest BCUT2D eigenvalue weighted by Crippen LogP contribution is -2.44. The number of aliphatic carboxylic acids is 1. The summed E-state index contributed by atoms with van der Waals surface area (Å²) in [6, 6.07) is 12.4. The van der Waals surface area contributed by atoms with E-state index in [2.05, 4.69) is 30.9 Å². The van der Waals surface area contributed by atoms with Crippen LogP contribution in [-0.4, -0.2) is 83.3 Å². The molecular formula is C34H41F3N8O4. The first-order valence-corrected chi connectivity index (χ1v) is 16.6. The van der Waals surface area contributed by atoms with E-state index in [9.17, 15) is 27.6 Å². The highest BCUT2D eigenvalue weighted by atomic mass is 19.4. The van der Waals surface area contributed by atoms with Crippen LogP contribution in [-0.2, 0) is 22.2 Å². The van der Waals surface area contributed by atoms with Crippen molar-refractivity contribution in [1.29, 1.82) is 0 Å². The molecule has 0 spiro atoms. The number of halogens is 3. The summed E-state index contributed by atoms with van der Waals surface area (Å²) in [7, 11) is 0. The average molecular weight is 683 g/mol. The Morgan fingerprint density at radius 1 is 0.837 bits per heavy atom. The highest BCUT2D eigenvalue weighted by molar-refractivity contribution is 5.85. The van der Waals surface area contributed by atoms with Crippen LogP contribution in [0.15, 0.2) is 54.9 Å². The quantitative estimate of drug-likeness (QED) is 0.207. The Hall–Kier alpha value is -4.95. The maximum atomic E-state index is 14.0. The first-order valence-electron chi connectivity index (χ1n) is 16.6. The van der Waals surface area contributed by atoms with Crippen molar-refractivity contribution in [2.75, 3.05) is 49.1 Å². The van der Waals surface area contributed by atoms with Gasteiger partial charge in [0.05, 0.1) is 6.42 Å². The lowest BCUT2D eigenvalue weighted by molar-refractivity contribution is -0.144. The number of aromatic nitrogens is 3. The van der Waals surface area contributed by atoms with E-state index < -0.39 is 30.0 Å². The molecule has 2 saturated heterocycles. The topological polar surface area (TPSA) is 153 Å². The number of carboxylic acid groups (broad SMARTS) is 1. The van der Waals surface area contributed by atoms with Gasteiger partial charge in [0.25, 0.3) is 0 Å². The number of rotatable bonds is 13. The first-order chi connectivity index (χ1) is 23.6. The van der Waals surface area contributed by atoms with Gasteiger partial charge in [-0.2, -0.15) is 13.2 Å². The summed E-state index contributed by atoms with van der Waals surface area (Å²) in [5, 5.41) is 16.8. The van der Waals surface area contributed by atoms with Crippen LogP contribution in [0.4, 0.5) is 29.6 Å². The van der Waals surface area contributed by atoms with E-state index in [0.29, 0.717) is 71.2 Å². The van der Waals surface area contributed by atoms with Gasteiger partial charge in [-0.1, -0.05) is 24.3 Å². The molecule has 2 aliphatic rings. The van der Waals surface area contributed by atoms with Gasteiger partial charge >= 0.3 is 18.2 Å². The zero-order valence-corrected chi connectivity index (χ0v) is 27.1. The minimum atomic E-state index is -4.76. The molecule has 2 fully saturated rings. The SMILES string of the molecule is O=C(O)CCNC(=O)NCCC1CCN(c2cc(N3CCC[C@H]3C(=O)NCCc3ccc(-c4ccncc4)cc3)nc(C(F)(F)F)n2)CC1. The number of hydrogen-bond donors (Lipinski definition) is 4. The molecule has 49 heavy (non-hydrogen) atoms. The molecule has 15 heteroatoms. The van der Waals surface area contributed by atoms with Crippen LogP contribution in [0, 0.1) is 5.92 Å². The van der Waals surface area contributed by atoms with Crippen molar-refractivity contribution in [2.24, 2.45) is 5.92 Å². The van der Waals surface area contributed by atoms with Crippen LogP contribution in [0.1, 0.15) is 49.9 Å². The largest absolute Gasteiger partial charge is 0.481 e. The van der Waals surface area contributed by atoms with E-state index in [-0.39, 0.29) is 36.4 Å². The summed E-state index contributed by atoms with van der Waals surface area (Å²) >= 11 is 0. The van der Waals surface area contributed by atoms with E-state index in [1.807, 2.05) is 41.3 Å². The first kappa shape index (κ1) is 35.4. The second-order valence-corrected chi connectivity index (χ2v) is 12.3. The molecule has 0 unspecified atom stereocenters. The number of amides is 3. The van der Waals surface area contributed by atoms with E-state index in [4.69, 9.17) is 5.11 Å². The summed E-state index contributed by atoms with van der Waals surface area (Å²) < 4.78 is 41.9. The molecule has 4 N–H and O–H groups in total. The Bertz CT molecular complexity index is 1570. The molecule has 0 bridgehead atoms. The van der Waals surface area contributed by atoms with Gasteiger partial charge in [-0.3, -0.25) is 14.6 Å². The highest BCUT2D eigenvalue weighted by Gasteiger charge is 2.39. The van der Waals surface area contributed by atoms with Crippen LogP contribution < -0.4 is 25.8 Å². The number of piperidine rings is 1. The van der Waals surface area contributed by atoms with Crippen molar-refractivity contribution in [3.05, 3.63) is 66.2 Å². The Kier molecular flexibility index (Phi) is 11.9. The number of alkyl halides is 3. The Labute approximate surface area is 282 Å². The molecule has 262 valence electrons. The molecule has 4 heterocycles. The molecule has 2 aliphatic heterocycles. The fourth-order valence-electron chi connectivity index (χ4n) is 6.21. The van der Waals surface area contributed by atoms with Crippen molar-refractivity contribution in [3.63, 3.8) is 0 Å². The third kappa shape index (κ3) is 10.0. The minimum Gasteiger partial charge on any atom is -0.481 e. The number of nitrogens with zero attached hydrogens (tertiary/aromatic N) is 5. The van der Waals surface area contributed by atoms with Crippen LogP contribution in [0.5, 0.6) is 0 Å². The normalized spacial score (nSPS) is 16.8. The van der Waals surface area contributed by atoms with E-state index in [1.165, 1.54) is 0 Å². The Morgan fingerprint density at radius 2 is 1.51 bits per heavy atom. The van der Waals surface area contributed by atoms with Crippen molar-refractivity contribution in [3.8, 4) is 11.1 Å². The van der Waals surface area contributed by atoms with Crippen LogP contribution in [0.3, 0.4) is 0 Å². The van der Waals surface area contributed by atoms with Crippen LogP contribution >= 0.6 is 0 Å². The fraction of sp³-hybridized carbons (Fsp3) is 0.471. The monoisotopic (exact) mass is 682 g/mol. The molecule has 0 radical (unpaired) electrons. The predicted molar refractivity (Wildman–Crippen MR) is 177 cm³/mol. The lowest BCUT2D eigenvalue weighted by atomic mass is 9.93. The van der Waals surface area contributed by atoms with Crippen LogP contribution in [0.25, 0.3) is 11.1 Å². The van der Waals surface area contributed by atoms with E-state index in [1.54, 1.807) is 23.4 Å². The zero-order valence-electron chi connectivity index (χ0n) is 27.1. The fourth-order valence-corrected chi connectivity index (χ4v) is 6.21. The van der Waals surface area contributed by atoms with Gasteiger partial charge in [0, 0.05) is 57.7 Å². The van der Waals surface area contributed by atoms with E-state index in [0.717, 1.165) is 16.7 Å². The third-order valence-electron chi connectivity index (χ3n) is 8.88. The third-order valence-corrected chi connectivity index (χ3v) is 8.88. The van der Waals surface area contributed by atoms with Gasteiger partial charge < -0.3 is 30.9 Å². The number of carbonyl (C=O) groups excluding carboxylic acids is 2. The number of benzene rings is 1. The molecular weight excluding hydrogens is 641 g/mol. The predicted octanol–water partition coefficient (Wildman–Crippen LogP) is 4.27. The smallest absolute Gasteiger partial charge is 0.451 e. The number of carboxylic acids is 1. The summed E-state index contributed by atoms with van der Waals surface area (Å²) in [6.07, 6.45) is 2.39. The molecule has 1 aromatic carbocycles. The second-order valence-electron chi connectivity index (χ2n) is 12.3. The number of hydrogen-bond acceptors (Lipinski definition) is 8. The van der Waals surface area contributed by atoms with Crippen molar-refractivity contribution in [2.45, 2.75) is 57.2 Å². The van der Waals surface area contributed by atoms with Gasteiger partial charge in [-0.15, -0.1) is 0 Å². The number of nitrogens with one attached hydrogen (secondary N) is 3. The number of carbonyl (C=O) groups is 3. The summed E-state index contributed by atoms with van der Waals surface area (Å²) in [5.41, 5.74) is 3.18. The maximum Gasteiger partial charge on any atom is 0.451 e. The molecule has 1 atom stereocenters. The summed E-state index contributed by atoms with van der Waals surface area (Å²) in [5.74, 6) is -1.96. The Morgan fingerprint density at radius 3 is 2.20 bits per heavy atom. The molecule has 2 aromatic heterocycles. The summed E-state index contributed by atoms with van der Waals surface area (Å²) in [6.45, 7) is 2.19. The molecule has 0 saturated carbocycles. The Balaban J connectivity index is 1.15. The van der Waals surface area contributed by atoms with Gasteiger partial charge in [-0.25, -0.2) is 14.8 Å². The van der Waals surface area contributed by atoms with E-state index >= 15 is 0 Å². The van der Waals surface area contributed by atoms with Crippen molar-refractivity contribution >= 4 is 29.5 Å². The maximum absolute atomic E-state index is 14.0. The zero-order chi connectivity index (χ0) is 34.8. The molecule has 5 rings (SSSR count). The number of anilines is 2. The van der Waals surface area contributed by atoms with Gasteiger partial charge in [-0.05, 0) is 73.3 Å². The number of urea groups is 1. The molecule has 3 aromatic rings. The lowest BCUT2D eigenvalue weighted by Gasteiger charge is -2.34.